The molecule has 0 aromatic heterocycles. The number of carbonyl (C=O) groups excluding carboxylic acids is 1. The van der Waals surface area contributed by atoms with Crippen molar-refractivity contribution in [3.63, 3.8) is 0 Å². The Labute approximate surface area is 100 Å². The van der Waals surface area contributed by atoms with Crippen LogP contribution in [0.3, 0.4) is 0 Å². The molecule has 0 aliphatic heterocycles. The van der Waals surface area contributed by atoms with Crippen LogP contribution < -0.4 is 4.74 Å². The number of isocyanates is 1. The van der Waals surface area contributed by atoms with Crippen LogP contribution in [0.4, 0.5) is 0 Å². The number of aliphatic imine (C=N–C) groups is 1. The SMILES string of the molecule is COc1c(C)cc(Cl)cc1CCCN=C=O. The second-order valence-corrected chi connectivity index (χ2v) is 3.93. The first-order valence-electron chi connectivity index (χ1n) is 5.05. The van der Waals surface area contributed by atoms with Crippen LogP contribution in [0.1, 0.15) is 17.5 Å². The van der Waals surface area contributed by atoms with Crippen LogP contribution in [0.5, 0.6) is 5.75 Å². The Bertz CT molecular complexity index is 412. The van der Waals surface area contributed by atoms with Crippen molar-refractivity contribution in [2.45, 2.75) is 19.8 Å². The van der Waals surface area contributed by atoms with Gasteiger partial charge in [-0.05, 0) is 43.0 Å². The third-order valence-corrected chi connectivity index (χ3v) is 2.52. The number of halogens is 1. The van der Waals surface area contributed by atoms with Gasteiger partial charge in [-0.25, -0.2) is 9.79 Å². The van der Waals surface area contributed by atoms with Crippen molar-refractivity contribution >= 4 is 17.7 Å². The minimum absolute atomic E-state index is 0.484. The van der Waals surface area contributed by atoms with Crippen molar-refractivity contribution in [1.82, 2.24) is 0 Å². The highest BCUT2D eigenvalue weighted by molar-refractivity contribution is 6.30. The van der Waals surface area contributed by atoms with Crippen LogP contribution in [0.25, 0.3) is 0 Å². The van der Waals surface area contributed by atoms with Gasteiger partial charge in [-0.2, -0.15) is 0 Å². The van der Waals surface area contributed by atoms with Gasteiger partial charge in [0.2, 0.25) is 6.08 Å². The molecule has 86 valence electrons. The summed E-state index contributed by atoms with van der Waals surface area (Å²) >= 11 is 5.98. The maximum atomic E-state index is 9.91. The molecule has 0 N–H and O–H groups in total. The lowest BCUT2D eigenvalue weighted by molar-refractivity contribution is 0.406. The zero-order valence-electron chi connectivity index (χ0n) is 9.42. The third kappa shape index (κ3) is 3.37. The predicted octanol–water partition coefficient (Wildman–Crippen LogP) is 2.93. The molecule has 0 saturated carbocycles. The van der Waals surface area contributed by atoms with E-state index in [1.165, 1.54) is 6.08 Å². The first kappa shape index (κ1) is 12.8. The topological polar surface area (TPSA) is 38.7 Å². The van der Waals surface area contributed by atoms with Crippen molar-refractivity contribution in [2.24, 2.45) is 4.99 Å². The number of nitrogens with zero attached hydrogens (tertiary/aromatic N) is 1. The summed E-state index contributed by atoms with van der Waals surface area (Å²) in [6.07, 6.45) is 3.09. The van der Waals surface area contributed by atoms with E-state index in [0.717, 1.165) is 29.7 Å². The molecule has 1 rings (SSSR count). The number of rotatable bonds is 5. The van der Waals surface area contributed by atoms with Crippen LogP contribution >= 0.6 is 11.6 Å². The third-order valence-electron chi connectivity index (χ3n) is 2.30. The van der Waals surface area contributed by atoms with E-state index in [2.05, 4.69) is 4.99 Å². The van der Waals surface area contributed by atoms with Crippen LogP contribution in [0.15, 0.2) is 17.1 Å². The van der Waals surface area contributed by atoms with Gasteiger partial charge in [0.05, 0.1) is 13.7 Å². The lowest BCUT2D eigenvalue weighted by atomic mass is 10.1. The Morgan fingerprint density at radius 1 is 1.50 bits per heavy atom. The van der Waals surface area contributed by atoms with Gasteiger partial charge in [0, 0.05) is 5.02 Å². The highest BCUT2D eigenvalue weighted by Gasteiger charge is 2.07. The number of hydrogen-bond acceptors (Lipinski definition) is 3. The fourth-order valence-corrected chi connectivity index (χ4v) is 1.97. The summed E-state index contributed by atoms with van der Waals surface area (Å²) in [4.78, 5) is 13.4. The van der Waals surface area contributed by atoms with E-state index < -0.39 is 0 Å². The molecule has 0 bridgehead atoms. The Morgan fingerprint density at radius 3 is 2.88 bits per heavy atom. The van der Waals surface area contributed by atoms with E-state index in [4.69, 9.17) is 16.3 Å². The van der Waals surface area contributed by atoms with Gasteiger partial charge in [-0.1, -0.05) is 11.6 Å². The molecule has 0 aliphatic carbocycles. The molecule has 4 heteroatoms. The van der Waals surface area contributed by atoms with E-state index in [0.29, 0.717) is 11.6 Å². The van der Waals surface area contributed by atoms with E-state index in [9.17, 15) is 4.79 Å². The van der Waals surface area contributed by atoms with Crippen molar-refractivity contribution in [3.05, 3.63) is 28.3 Å². The first-order valence-corrected chi connectivity index (χ1v) is 5.43. The molecular weight excluding hydrogens is 226 g/mol. The van der Waals surface area contributed by atoms with Crippen LogP contribution in [-0.2, 0) is 11.2 Å². The molecule has 0 heterocycles. The zero-order chi connectivity index (χ0) is 12.0. The van der Waals surface area contributed by atoms with E-state index in [1.807, 2.05) is 19.1 Å². The van der Waals surface area contributed by atoms with Crippen LogP contribution in [0.2, 0.25) is 5.02 Å². The standard InChI is InChI=1S/C12H14ClNO2/c1-9-6-11(13)7-10(12(9)16-2)4-3-5-14-8-15/h6-7H,3-5H2,1-2H3. The molecule has 0 fully saturated rings. The fraction of sp³-hybridized carbons (Fsp3) is 0.417. The second kappa shape index (κ2) is 6.31. The quantitative estimate of drug-likeness (QED) is 0.450. The minimum Gasteiger partial charge on any atom is -0.496 e. The fourth-order valence-electron chi connectivity index (χ4n) is 1.67. The largest absolute Gasteiger partial charge is 0.496 e. The van der Waals surface area contributed by atoms with Crippen LogP contribution in [0, 0.1) is 6.92 Å². The summed E-state index contributed by atoms with van der Waals surface area (Å²) in [5.41, 5.74) is 2.07. The summed E-state index contributed by atoms with van der Waals surface area (Å²) in [6.45, 7) is 2.44. The highest BCUT2D eigenvalue weighted by Crippen LogP contribution is 2.28. The molecule has 0 aliphatic rings. The van der Waals surface area contributed by atoms with E-state index in [-0.39, 0.29) is 0 Å². The predicted molar refractivity (Wildman–Crippen MR) is 64.1 cm³/mol. The molecule has 0 saturated heterocycles. The lowest BCUT2D eigenvalue weighted by Crippen LogP contribution is -1.96. The molecule has 0 unspecified atom stereocenters. The van der Waals surface area contributed by atoms with Gasteiger partial charge in [-0.15, -0.1) is 0 Å². The Morgan fingerprint density at radius 2 is 2.25 bits per heavy atom. The molecule has 0 atom stereocenters. The minimum atomic E-state index is 0.484. The van der Waals surface area contributed by atoms with Gasteiger partial charge in [0.25, 0.3) is 0 Å². The number of aryl methyl sites for hydroxylation is 2. The molecule has 0 amide bonds. The molecule has 3 nitrogen and oxygen atoms in total. The van der Waals surface area contributed by atoms with Gasteiger partial charge in [-0.3, -0.25) is 0 Å². The molecule has 0 radical (unpaired) electrons. The zero-order valence-corrected chi connectivity index (χ0v) is 10.2. The molecule has 1 aromatic rings. The summed E-state index contributed by atoms with van der Waals surface area (Å²) < 4.78 is 5.32. The average Bonchev–Trinajstić information content (AvgIpc) is 2.24. The lowest BCUT2D eigenvalue weighted by Gasteiger charge is -2.11. The van der Waals surface area contributed by atoms with Crippen molar-refractivity contribution in [2.75, 3.05) is 13.7 Å². The first-order chi connectivity index (χ1) is 7.69. The van der Waals surface area contributed by atoms with E-state index >= 15 is 0 Å². The smallest absolute Gasteiger partial charge is 0.234 e. The summed E-state index contributed by atoms with van der Waals surface area (Å²) in [6, 6.07) is 3.76. The van der Waals surface area contributed by atoms with Crippen LogP contribution in [-0.4, -0.2) is 19.7 Å². The van der Waals surface area contributed by atoms with Crippen molar-refractivity contribution in [1.29, 1.82) is 0 Å². The highest BCUT2D eigenvalue weighted by atomic mass is 35.5. The van der Waals surface area contributed by atoms with Gasteiger partial charge < -0.3 is 4.74 Å². The molecule has 16 heavy (non-hydrogen) atoms. The molecule has 1 aromatic carbocycles. The Kier molecular flexibility index (Phi) is 5.03. The normalized spacial score (nSPS) is 9.69. The molecular formula is C12H14ClNO2. The van der Waals surface area contributed by atoms with Crippen molar-refractivity contribution < 1.29 is 9.53 Å². The maximum absolute atomic E-state index is 9.91. The monoisotopic (exact) mass is 239 g/mol. The maximum Gasteiger partial charge on any atom is 0.234 e. The average molecular weight is 240 g/mol. The van der Waals surface area contributed by atoms with Gasteiger partial charge in [0.1, 0.15) is 5.75 Å². The number of hydrogen-bond donors (Lipinski definition) is 0. The van der Waals surface area contributed by atoms with Crippen molar-refractivity contribution in [3.8, 4) is 5.75 Å². The summed E-state index contributed by atoms with van der Waals surface area (Å²) in [7, 11) is 1.64. The number of methoxy groups -OCH3 is 1. The summed E-state index contributed by atoms with van der Waals surface area (Å²) in [5.74, 6) is 0.861. The molecule has 0 spiro atoms. The number of benzene rings is 1. The number of ether oxygens (including phenoxy) is 1. The van der Waals surface area contributed by atoms with Gasteiger partial charge >= 0.3 is 0 Å². The second-order valence-electron chi connectivity index (χ2n) is 3.49. The Balaban J connectivity index is 2.80. The van der Waals surface area contributed by atoms with E-state index in [1.54, 1.807) is 7.11 Å². The summed E-state index contributed by atoms with van der Waals surface area (Å²) in [5, 5.41) is 0.701. The van der Waals surface area contributed by atoms with Gasteiger partial charge in [0.15, 0.2) is 0 Å². The Hall–Kier alpha value is -1.31.